The van der Waals surface area contributed by atoms with E-state index in [0.29, 0.717) is 46.8 Å². The predicted octanol–water partition coefficient (Wildman–Crippen LogP) is 4.76. The van der Waals surface area contributed by atoms with Gasteiger partial charge >= 0.3 is 0 Å². The Morgan fingerprint density at radius 1 is 0.871 bits per heavy atom. The Morgan fingerprint density at radius 3 is 2.42 bits per heavy atom. The van der Waals surface area contributed by atoms with Gasteiger partial charge in [-0.2, -0.15) is 0 Å². The molecular formula is C27H44O4. The molecule has 2 heterocycles. The molecule has 0 radical (unpaired) electrons. The summed E-state index contributed by atoms with van der Waals surface area (Å²) in [5.74, 6) is 3.46. The number of aliphatic hydroxyl groups excluding tert-OH is 2. The van der Waals surface area contributed by atoms with Gasteiger partial charge in [-0.1, -0.05) is 27.7 Å². The Kier molecular flexibility index (Phi) is 4.78. The van der Waals surface area contributed by atoms with Crippen molar-refractivity contribution in [1.29, 1.82) is 0 Å². The molecule has 2 N–H and O–H groups in total. The van der Waals surface area contributed by atoms with E-state index in [2.05, 4.69) is 27.7 Å². The van der Waals surface area contributed by atoms with Gasteiger partial charge in [0.1, 0.15) is 0 Å². The Hall–Kier alpha value is -0.160. The number of rotatable bonds is 0. The Morgan fingerprint density at radius 2 is 1.68 bits per heavy atom. The molecular weight excluding hydrogens is 388 g/mol. The molecule has 13 atom stereocenters. The second-order valence-electron chi connectivity index (χ2n) is 13.2. The number of ether oxygens (including phenoxy) is 2. The smallest absolute Gasteiger partial charge is 0.171 e. The van der Waals surface area contributed by atoms with Crippen LogP contribution in [-0.2, 0) is 9.47 Å². The molecule has 6 rings (SSSR count). The van der Waals surface area contributed by atoms with Crippen molar-refractivity contribution in [2.75, 3.05) is 6.61 Å². The molecule has 2 saturated heterocycles. The first-order chi connectivity index (χ1) is 14.7. The first kappa shape index (κ1) is 21.4. The third-order valence-corrected chi connectivity index (χ3v) is 12.0. The second kappa shape index (κ2) is 6.93. The third-order valence-electron chi connectivity index (χ3n) is 12.0. The first-order valence-corrected chi connectivity index (χ1v) is 13.4. The van der Waals surface area contributed by atoms with Gasteiger partial charge in [-0.25, -0.2) is 0 Å². The van der Waals surface area contributed by atoms with E-state index in [1.54, 1.807) is 0 Å². The van der Waals surface area contributed by atoms with E-state index in [9.17, 15) is 10.2 Å². The van der Waals surface area contributed by atoms with Crippen LogP contribution in [0.5, 0.6) is 0 Å². The standard InChI is InChI=1S/C27H44O4/c1-15-7-10-27(30-14-15)16(2)24-22(31-27)12-21-19-6-5-17-11-18(28)8-9-25(17,3)20(19)13-23(29)26(21,24)4/h15-24,28-29H,5-14H2,1-4H3/t15?,16-,17-,18-,19?,20?,21?,22?,23+,24?,25?,26?,27?/m0/s1. The zero-order valence-electron chi connectivity index (χ0n) is 20.1. The lowest BCUT2D eigenvalue weighted by molar-refractivity contribution is -0.274. The van der Waals surface area contributed by atoms with E-state index in [1.807, 2.05) is 0 Å². The van der Waals surface area contributed by atoms with Crippen LogP contribution in [0.1, 0.15) is 85.5 Å². The maximum Gasteiger partial charge on any atom is 0.171 e. The van der Waals surface area contributed by atoms with E-state index in [0.717, 1.165) is 45.1 Å². The van der Waals surface area contributed by atoms with Gasteiger partial charge in [-0.05, 0) is 86.4 Å². The van der Waals surface area contributed by atoms with E-state index in [4.69, 9.17) is 9.47 Å². The minimum absolute atomic E-state index is 0.0570. The van der Waals surface area contributed by atoms with Crippen LogP contribution in [0.4, 0.5) is 0 Å². The molecule has 6 aliphatic rings. The van der Waals surface area contributed by atoms with Crippen LogP contribution < -0.4 is 0 Å². The SMILES string of the molecule is CC1CCC2(OC1)OC1CC3C4CC[C@H]5C[C@@H](O)CCC5(C)C4C[C@@H](O)C3(C)C1[C@@H]2C. The number of aliphatic hydroxyl groups is 2. The van der Waals surface area contributed by atoms with Crippen molar-refractivity contribution >= 4 is 0 Å². The van der Waals surface area contributed by atoms with Gasteiger partial charge in [0.2, 0.25) is 0 Å². The monoisotopic (exact) mass is 432 g/mol. The van der Waals surface area contributed by atoms with Gasteiger partial charge in [0, 0.05) is 23.7 Å². The molecule has 6 fully saturated rings. The van der Waals surface area contributed by atoms with E-state index >= 15 is 0 Å². The Labute approximate surface area is 188 Å². The largest absolute Gasteiger partial charge is 0.393 e. The molecule has 2 aliphatic heterocycles. The van der Waals surface area contributed by atoms with Crippen LogP contribution in [0.25, 0.3) is 0 Å². The lowest BCUT2D eigenvalue weighted by Crippen LogP contribution is -2.59. The molecule has 0 aromatic rings. The second-order valence-corrected chi connectivity index (χ2v) is 13.2. The molecule has 31 heavy (non-hydrogen) atoms. The quantitative estimate of drug-likeness (QED) is 0.579. The predicted molar refractivity (Wildman–Crippen MR) is 119 cm³/mol. The van der Waals surface area contributed by atoms with Crippen molar-refractivity contribution in [2.45, 2.75) is 110 Å². The molecule has 4 aliphatic carbocycles. The fourth-order valence-electron chi connectivity index (χ4n) is 10.2. The third kappa shape index (κ3) is 2.74. The first-order valence-electron chi connectivity index (χ1n) is 13.4. The molecule has 9 unspecified atom stereocenters. The van der Waals surface area contributed by atoms with Crippen LogP contribution in [0.2, 0.25) is 0 Å². The van der Waals surface area contributed by atoms with Crippen LogP contribution in [0, 0.1) is 52.3 Å². The lowest BCUT2D eigenvalue weighted by Gasteiger charge is -2.62. The number of hydrogen-bond donors (Lipinski definition) is 2. The van der Waals surface area contributed by atoms with Crippen molar-refractivity contribution in [1.82, 2.24) is 0 Å². The highest BCUT2D eigenvalue weighted by molar-refractivity contribution is 5.17. The van der Waals surface area contributed by atoms with Crippen LogP contribution in [0.15, 0.2) is 0 Å². The fraction of sp³-hybridized carbons (Fsp3) is 1.00. The zero-order chi connectivity index (χ0) is 21.8. The summed E-state index contributed by atoms with van der Waals surface area (Å²) in [6.45, 7) is 10.3. The summed E-state index contributed by atoms with van der Waals surface area (Å²) in [6.07, 6.45) is 9.70. The van der Waals surface area contributed by atoms with E-state index < -0.39 is 5.79 Å². The summed E-state index contributed by atoms with van der Waals surface area (Å²) in [7, 11) is 0. The van der Waals surface area contributed by atoms with Gasteiger partial charge < -0.3 is 19.7 Å². The molecule has 4 heteroatoms. The molecule has 0 bridgehead atoms. The summed E-state index contributed by atoms with van der Waals surface area (Å²) in [5.41, 5.74) is 0.233. The van der Waals surface area contributed by atoms with Crippen LogP contribution in [0.3, 0.4) is 0 Å². The average molecular weight is 433 g/mol. The van der Waals surface area contributed by atoms with Crippen molar-refractivity contribution in [3.05, 3.63) is 0 Å². The molecule has 176 valence electrons. The summed E-state index contributed by atoms with van der Waals surface area (Å²) in [4.78, 5) is 0. The minimum Gasteiger partial charge on any atom is -0.393 e. The van der Waals surface area contributed by atoms with Gasteiger partial charge in [0.25, 0.3) is 0 Å². The van der Waals surface area contributed by atoms with Crippen LogP contribution in [-0.4, -0.2) is 40.9 Å². The normalized spacial score (nSPS) is 63.3. The van der Waals surface area contributed by atoms with Crippen molar-refractivity contribution in [2.24, 2.45) is 52.3 Å². The van der Waals surface area contributed by atoms with Gasteiger partial charge in [-0.3, -0.25) is 0 Å². The maximum absolute atomic E-state index is 11.8. The van der Waals surface area contributed by atoms with E-state index in [1.165, 1.54) is 19.3 Å². The summed E-state index contributed by atoms with van der Waals surface area (Å²) < 4.78 is 13.3. The van der Waals surface area contributed by atoms with Gasteiger partial charge in [0.15, 0.2) is 5.79 Å². The van der Waals surface area contributed by atoms with Crippen molar-refractivity contribution in [3.63, 3.8) is 0 Å². The highest BCUT2D eigenvalue weighted by Gasteiger charge is 2.71. The summed E-state index contributed by atoms with van der Waals surface area (Å²) in [6, 6.07) is 0. The molecule has 4 saturated carbocycles. The van der Waals surface area contributed by atoms with Gasteiger partial charge in [-0.15, -0.1) is 0 Å². The average Bonchev–Trinajstić information content (AvgIpc) is 3.18. The molecule has 4 nitrogen and oxygen atoms in total. The van der Waals surface area contributed by atoms with Gasteiger partial charge in [0.05, 0.1) is 24.9 Å². The zero-order valence-corrected chi connectivity index (χ0v) is 20.1. The lowest BCUT2D eigenvalue weighted by atomic mass is 9.43. The highest BCUT2D eigenvalue weighted by Crippen LogP contribution is 2.71. The highest BCUT2D eigenvalue weighted by atomic mass is 16.7. The van der Waals surface area contributed by atoms with Crippen LogP contribution >= 0.6 is 0 Å². The minimum atomic E-state index is -0.407. The fourth-order valence-corrected chi connectivity index (χ4v) is 10.2. The summed E-state index contributed by atoms with van der Waals surface area (Å²) >= 11 is 0. The maximum atomic E-state index is 11.8. The summed E-state index contributed by atoms with van der Waals surface area (Å²) in [5, 5.41) is 22.1. The Balaban J connectivity index is 1.29. The van der Waals surface area contributed by atoms with Crippen molar-refractivity contribution in [3.8, 4) is 0 Å². The molecule has 0 aromatic carbocycles. The molecule has 0 aromatic heterocycles. The Bertz CT molecular complexity index is 716. The molecule has 1 spiro atoms. The number of fused-ring (bicyclic) bond motifs is 7. The van der Waals surface area contributed by atoms with Crippen molar-refractivity contribution < 1.29 is 19.7 Å². The van der Waals surface area contributed by atoms with E-state index in [-0.39, 0.29) is 23.7 Å². The molecule has 0 amide bonds. The number of hydrogen-bond acceptors (Lipinski definition) is 4. The topological polar surface area (TPSA) is 58.9 Å².